The molecule has 0 unspecified atom stereocenters. The van der Waals surface area contributed by atoms with Gasteiger partial charge in [-0.1, -0.05) is 24.3 Å². The molecule has 0 atom stereocenters. The maximum absolute atomic E-state index is 5.95. The monoisotopic (exact) mass is 370 g/mol. The van der Waals surface area contributed by atoms with Gasteiger partial charge in [0.1, 0.15) is 0 Å². The second-order valence-electron chi connectivity index (χ2n) is 6.80. The molecule has 1 saturated heterocycles. The number of hydrogen-bond donors (Lipinski definition) is 1. The zero-order chi connectivity index (χ0) is 18.9. The van der Waals surface area contributed by atoms with E-state index in [0.29, 0.717) is 12.6 Å². The molecule has 2 aromatic rings. The van der Waals surface area contributed by atoms with E-state index in [0.717, 1.165) is 57.0 Å². The third-order valence-corrected chi connectivity index (χ3v) is 4.95. The van der Waals surface area contributed by atoms with Crippen LogP contribution in [0.4, 0.5) is 0 Å². The number of fused-ring (bicyclic) bond motifs is 1. The van der Waals surface area contributed by atoms with Gasteiger partial charge in [0.25, 0.3) is 0 Å². The highest BCUT2D eigenvalue weighted by Gasteiger charge is 2.21. The fourth-order valence-electron chi connectivity index (χ4n) is 3.50. The van der Waals surface area contributed by atoms with E-state index in [1.54, 1.807) is 7.11 Å². The van der Waals surface area contributed by atoms with E-state index in [1.165, 1.54) is 10.9 Å². The van der Waals surface area contributed by atoms with Gasteiger partial charge in [-0.05, 0) is 30.9 Å². The summed E-state index contributed by atoms with van der Waals surface area (Å²) in [5.41, 5.74) is 2.23. The molecule has 1 aromatic heterocycles. The lowest BCUT2D eigenvalue weighted by atomic mass is 10.1. The fraction of sp³-hybridized carbons (Fsp3) is 0.524. The van der Waals surface area contributed by atoms with E-state index in [4.69, 9.17) is 9.47 Å². The number of rotatable bonds is 7. The number of hydrogen-bond acceptors (Lipinski definition) is 4. The summed E-state index contributed by atoms with van der Waals surface area (Å²) in [7, 11) is 3.57. The van der Waals surface area contributed by atoms with Crippen LogP contribution in [-0.2, 0) is 16.0 Å². The van der Waals surface area contributed by atoms with Crippen molar-refractivity contribution in [3.8, 4) is 0 Å². The molecule has 1 fully saturated rings. The predicted octanol–water partition coefficient (Wildman–Crippen LogP) is 2.83. The molecule has 0 aliphatic carbocycles. The Balaban J connectivity index is 1.50. The van der Waals surface area contributed by atoms with E-state index in [9.17, 15) is 0 Å². The Labute approximate surface area is 161 Å². The van der Waals surface area contributed by atoms with Gasteiger partial charge in [0, 0.05) is 58.6 Å². The van der Waals surface area contributed by atoms with Gasteiger partial charge in [0.15, 0.2) is 5.96 Å². The number of nitrogens with zero attached hydrogens (tertiary/aromatic N) is 3. The lowest BCUT2D eigenvalue weighted by molar-refractivity contribution is 0.00990. The Morgan fingerprint density at radius 3 is 2.81 bits per heavy atom. The molecule has 1 aliphatic heterocycles. The van der Waals surface area contributed by atoms with Crippen molar-refractivity contribution in [3.63, 3.8) is 0 Å². The molecule has 0 radical (unpaired) electrons. The van der Waals surface area contributed by atoms with E-state index >= 15 is 0 Å². The Morgan fingerprint density at radius 2 is 2.04 bits per heavy atom. The van der Waals surface area contributed by atoms with Gasteiger partial charge in [-0.3, -0.25) is 9.98 Å². The Kier molecular flexibility index (Phi) is 7.42. The van der Waals surface area contributed by atoms with E-state index in [2.05, 4.69) is 44.5 Å². The first-order valence-electron chi connectivity index (χ1n) is 9.70. The quantitative estimate of drug-likeness (QED) is 0.461. The summed E-state index contributed by atoms with van der Waals surface area (Å²) in [5, 5.41) is 4.67. The molecule has 1 aliphatic rings. The lowest BCUT2D eigenvalue weighted by Gasteiger charge is -2.34. The number of guanidine groups is 1. The van der Waals surface area contributed by atoms with Gasteiger partial charge in [0.05, 0.1) is 11.6 Å². The first-order valence-corrected chi connectivity index (χ1v) is 9.70. The van der Waals surface area contributed by atoms with Crippen LogP contribution in [-0.4, -0.2) is 62.4 Å². The van der Waals surface area contributed by atoms with E-state index in [-0.39, 0.29) is 0 Å². The molecule has 0 bridgehead atoms. The van der Waals surface area contributed by atoms with Crippen molar-refractivity contribution in [2.45, 2.75) is 31.9 Å². The zero-order valence-corrected chi connectivity index (χ0v) is 16.4. The van der Waals surface area contributed by atoms with E-state index in [1.807, 2.05) is 19.3 Å². The molecule has 1 aromatic carbocycles. The second-order valence-corrected chi connectivity index (χ2v) is 6.80. The van der Waals surface area contributed by atoms with Crippen molar-refractivity contribution in [2.75, 3.05) is 40.5 Å². The molecule has 1 N–H and O–H groups in total. The maximum Gasteiger partial charge on any atom is 0.193 e. The highest BCUT2D eigenvalue weighted by molar-refractivity contribution is 5.83. The number of para-hydroxylation sites is 1. The Bertz CT molecular complexity index is 737. The first-order chi connectivity index (χ1) is 13.3. The summed E-state index contributed by atoms with van der Waals surface area (Å²) < 4.78 is 11.0. The van der Waals surface area contributed by atoms with Crippen LogP contribution in [0.1, 0.15) is 24.8 Å². The molecule has 0 amide bonds. The Hall–Kier alpha value is -2.18. The Morgan fingerprint density at radius 1 is 1.22 bits per heavy atom. The second kappa shape index (κ2) is 10.2. The van der Waals surface area contributed by atoms with Gasteiger partial charge >= 0.3 is 0 Å². The minimum atomic E-state index is 0.346. The van der Waals surface area contributed by atoms with Crippen molar-refractivity contribution < 1.29 is 9.47 Å². The summed E-state index contributed by atoms with van der Waals surface area (Å²) in [6.45, 7) is 4.18. The number of piperidine rings is 1. The van der Waals surface area contributed by atoms with Crippen LogP contribution in [0.25, 0.3) is 10.9 Å². The average Bonchev–Trinajstić information content (AvgIpc) is 2.73. The first kappa shape index (κ1) is 19.6. The number of aromatic nitrogens is 1. The molecule has 6 heteroatoms. The number of likely N-dealkylation sites (tertiary alicyclic amines) is 1. The van der Waals surface area contributed by atoms with Crippen molar-refractivity contribution in [3.05, 3.63) is 42.1 Å². The van der Waals surface area contributed by atoms with Gasteiger partial charge in [0.2, 0.25) is 0 Å². The smallest absolute Gasteiger partial charge is 0.193 e. The maximum atomic E-state index is 5.95. The lowest BCUT2D eigenvalue weighted by Crippen LogP contribution is -2.46. The van der Waals surface area contributed by atoms with Crippen LogP contribution >= 0.6 is 0 Å². The van der Waals surface area contributed by atoms with Gasteiger partial charge in [-0.25, -0.2) is 0 Å². The summed E-state index contributed by atoms with van der Waals surface area (Å²) >= 11 is 0. The minimum absolute atomic E-state index is 0.346. The molecular formula is C21H30N4O2. The van der Waals surface area contributed by atoms with Crippen molar-refractivity contribution in [1.29, 1.82) is 0 Å². The van der Waals surface area contributed by atoms with Gasteiger partial charge < -0.3 is 19.7 Å². The number of pyridine rings is 1. The summed E-state index contributed by atoms with van der Waals surface area (Å²) in [5.74, 6) is 0.945. The largest absolute Gasteiger partial charge is 0.385 e. The number of ether oxygens (including phenoxy) is 2. The SMILES string of the molecule is CN=C(NCc1cccc2cccnc12)N1CCC(OCCCOC)CC1. The van der Waals surface area contributed by atoms with Crippen LogP contribution in [0.3, 0.4) is 0 Å². The van der Waals surface area contributed by atoms with Crippen LogP contribution in [0, 0.1) is 0 Å². The highest BCUT2D eigenvalue weighted by atomic mass is 16.5. The average molecular weight is 370 g/mol. The van der Waals surface area contributed by atoms with E-state index < -0.39 is 0 Å². The van der Waals surface area contributed by atoms with Crippen LogP contribution < -0.4 is 5.32 Å². The van der Waals surface area contributed by atoms with Gasteiger partial charge in [-0.15, -0.1) is 0 Å². The normalized spacial score (nSPS) is 16.1. The number of methoxy groups -OCH3 is 1. The molecule has 0 saturated carbocycles. The third-order valence-electron chi connectivity index (χ3n) is 4.95. The molecule has 6 nitrogen and oxygen atoms in total. The molecule has 146 valence electrons. The van der Waals surface area contributed by atoms with Gasteiger partial charge in [-0.2, -0.15) is 0 Å². The molecule has 0 spiro atoms. The summed E-state index contributed by atoms with van der Waals surface area (Å²) in [6.07, 6.45) is 5.21. The zero-order valence-electron chi connectivity index (χ0n) is 16.4. The molecular weight excluding hydrogens is 340 g/mol. The van der Waals surface area contributed by atoms with Crippen molar-refractivity contribution in [1.82, 2.24) is 15.2 Å². The third kappa shape index (κ3) is 5.40. The predicted molar refractivity (Wildman–Crippen MR) is 109 cm³/mol. The highest BCUT2D eigenvalue weighted by Crippen LogP contribution is 2.17. The minimum Gasteiger partial charge on any atom is -0.385 e. The summed E-state index contributed by atoms with van der Waals surface area (Å²) in [4.78, 5) is 11.3. The number of benzene rings is 1. The molecule has 3 rings (SSSR count). The number of aliphatic imine (C=N–C) groups is 1. The standard InChI is InChI=1S/C21H30N4O2/c1-22-21(25-12-9-19(10-13-25)27-15-5-14-26-2)24-16-18-7-3-6-17-8-4-11-23-20(17)18/h3-4,6-8,11,19H,5,9-10,12-16H2,1-2H3,(H,22,24). The summed E-state index contributed by atoms with van der Waals surface area (Å²) in [6, 6.07) is 10.4. The number of nitrogens with one attached hydrogen (secondary N) is 1. The van der Waals surface area contributed by atoms with Crippen LogP contribution in [0.5, 0.6) is 0 Å². The fourth-order valence-corrected chi connectivity index (χ4v) is 3.50. The topological polar surface area (TPSA) is 59.0 Å². The van der Waals surface area contributed by atoms with Crippen molar-refractivity contribution >= 4 is 16.9 Å². The molecule has 2 heterocycles. The molecule has 27 heavy (non-hydrogen) atoms. The van der Waals surface area contributed by atoms with Crippen molar-refractivity contribution in [2.24, 2.45) is 4.99 Å². The van der Waals surface area contributed by atoms with Crippen LogP contribution in [0.2, 0.25) is 0 Å². The van der Waals surface area contributed by atoms with Crippen LogP contribution in [0.15, 0.2) is 41.5 Å².